The van der Waals surface area contributed by atoms with Gasteiger partial charge in [0.2, 0.25) is 0 Å². The second kappa shape index (κ2) is 14.8. The number of aliphatic carboxylic acids is 1. The summed E-state index contributed by atoms with van der Waals surface area (Å²) < 4.78 is 5.87. The van der Waals surface area contributed by atoms with E-state index in [9.17, 15) is 24.9 Å². The number of esters is 1. The molecule has 9 heteroatoms. The number of aliphatic hydroxyl groups is 4. The highest BCUT2D eigenvalue weighted by Gasteiger charge is 2.70. The molecule has 4 fully saturated rings. The molecule has 44 heavy (non-hydrogen) atoms. The highest BCUT2D eigenvalue weighted by molar-refractivity contribution is 5.88. The second-order valence-corrected chi connectivity index (χ2v) is 14.8. The number of carbonyl (C=O) groups excluding carboxylic acids is 1. The molecule has 0 aliphatic heterocycles. The molecule has 0 aromatic rings. The van der Waals surface area contributed by atoms with Crippen molar-refractivity contribution in [3.05, 3.63) is 22.8 Å². The summed E-state index contributed by atoms with van der Waals surface area (Å²) in [5.41, 5.74) is 1.57. The van der Waals surface area contributed by atoms with Crippen LogP contribution >= 0.6 is 0 Å². The Balaban J connectivity index is 0.000000676. The van der Waals surface area contributed by atoms with E-state index in [4.69, 9.17) is 14.9 Å². The molecule has 0 spiro atoms. The Labute approximate surface area is 264 Å². The van der Waals surface area contributed by atoms with Crippen molar-refractivity contribution in [3.8, 4) is 0 Å². The predicted octanol–water partition coefficient (Wildman–Crippen LogP) is 4.23. The highest BCUT2D eigenvalue weighted by Crippen LogP contribution is 2.74. The van der Waals surface area contributed by atoms with E-state index >= 15 is 0 Å². The summed E-state index contributed by atoms with van der Waals surface area (Å²) in [5, 5.41) is 52.0. The zero-order valence-corrected chi connectivity index (χ0v) is 28.1. The van der Waals surface area contributed by atoms with Crippen LogP contribution < -0.4 is 5.32 Å². The largest absolute Gasteiger partial charge is 0.478 e. The van der Waals surface area contributed by atoms with Crippen LogP contribution in [-0.2, 0) is 14.3 Å². The van der Waals surface area contributed by atoms with Gasteiger partial charge in [-0.1, -0.05) is 39.3 Å². The van der Waals surface area contributed by atoms with Crippen LogP contribution in [0.5, 0.6) is 0 Å². The molecule has 6 N–H and O–H groups in total. The maximum atomic E-state index is 12.6. The van der Waals surface area contributed by atoms with Crippen molar-refractivity contribution in [2.45, 2.75) is 118 Å². The van der Waals surface area contributed by atoms with Crippen LogP contribution in [0.4, 0.5) is 0 Å². The summed E-state index contributed by atoms with van der Waals surface area (Å²) in [6.45, 7) is 15.9. The molecule has 0 radical (unpaired) electrons. The van der Waals surface area contributed by atoms with E-state index in [-0.39, 0.29) is 53.3 Å². The van der Waals surface area contributed by atoms with Crippen molar-refractivity contribution < 1.29 is 39.9 Å². The Morgan fingerprint density at radius 3 is 2.16 bits per heavy atom. The molecule has 0 bridgehead atoms. The molecule has 0 saturated heterocycles. The lowest BCUT2D eigenvalue weighted by atomic mass is 9.36. The smallest absolute Gasteiger partial charge is 0.331 e. The van der Waals surface area contributed by atoms with Gasteiger partial charge in [-0.3, -0.25) is 4.79 Å². The Morgan fingerprint density at radius 1 is 0.977 bits per heavy atom. The van der Waals surface area contributed by atoms with Crippen LogP contribution in [0.25, 0.3) is 0 Å². The SMILES string of the molecule is CC(=O)O[C@H]1C[C@@]2(C)[C@H](C[C@@H](O)C3[C@]2(C)CC[C@H]2[C@H](C)[C@H](O)CC[C@]32C)C1=C(CCC=C(C)C)C(=O)O.OCCNCCO. The Bertz CT molecular complexity index is 1080. The number of allylic oxidation sites excluding steroid dienone is 2. The monoisotopic (exact) mass is 621 g/mol. The number of aliphatic hydroxyl groups excluding tert-OH is 4. The lowest BCUT2D eigenvalue weighted by Crippen LogP contribution is -2.65. The molecule has 0 heterocycles. The minimum atomic E-state index is -0.953. The van der Waals surface area contributed by atoms with E-state index in [1.54, 1.807) is 0 Å². The van der Waals surface area contributed by atoms with E-state index in [1.807, 2.05) is 19.9 Å². The molecule has 0 aromatic carbocycles. The van der Waals surface area contributed by atoms with Crippen LogP contribution in [0.3, 0.4) is 0 Å². The molecule has 9 nitrogen and oxygen atoms in total. The van der Waals surface area contributed by atoms with Crippen LogP contribution in [0.1, 0.15) is 99.8 Å². The van der Waals surface area contributed by atoms with E-state index < -0.39 is 24.1 Å². The normalized spacial score (nSPS) is 40.4. The molecule has 4 aliphatic rings. The molecule has 4 aliphatic carbocycles. The Morgan fingerprint density at radius 2 is 1.61 bits per heavy atom. The number of fused-ring (bicyclic) bond motifs is 5. The molecule has 4 rings (SSSR count). The first-order valence-corrected chi connectivity index (χ1v) is 16.6. The third-order valence-corrected chi connectivity index (χ3v) is 12.1. The average Bonchev–Trinajstić information content (AvgIpc) is 3.20. The van der Waals surface area contributed by atoms with E-state index in [0.717, 1.165) is 36.8 Å². The van der Waals surface area contributed by atoms with Crippen LogP contribution in [0.2, 0.25) is 0 Å². The minimum Gasteiger partial charge on any atom is -0.478 e. The van der Waals surface area contributed by atoms with Gasteiger partial charge < -0.3 is 35.6 Å². The van der Waals surface area contributed by atoms with Gasteiger partial charge in [0.25, 0.3) is 0 Å². The standard InChI is InChI=1S/C31H48O6.C4H11NO2/c1-17(2)9-8-10-20(28(35)36)26-22-15-24(34)27-29(5)13-12-23(33)18(3)21(29)11-14-30(27,6)31(22,7)16-25(26)37-19(4)32;6-3-1-5-2-4-7/h9,18,21-25,27,33-34H,8,10-16H2,1-7H3,(H,35,36);5-7H,1-4H2/t18-,21-,22+,23+,24+,25-,27?,29-,30-,31-;/m0./s1. The molecular formula is C35H59NO8. The first-order chi connectivity index (χ1) is 20.6. The lowest BCUT2D eigenvalue weighted by Gasteiger charge is -2.69. The molecule has 0 amide bonds. The summed E-state index contributed by atoms with van der Waals surface area (Å²) in [4.78, 5) is 24.8. The summed E-state index contributed by atoms with van der Waals surface area (Å²) in [6.07, 6.45) is 6.22. The van der Waals surface area contributed by atoms with Crippen molar-refractivity contribution in [2.75, 3.05) is 26.3 Å². The minimum absolute atomic E-state index is 0.0474. The quantitative estimate of drug-likeness (QED) is 0.0960. The predicted molar refractivity (Wildman–Crippen MR) is 170 cm³/mol. The molecule has 0 aromatic heterocycles. The van der Waals surface area contributed by atoms with Gasteiger partial charge in [-0.15, -0.1) is 0 Å². The van der Waals surface area contributed by atoms with Gasteiger partial charge in [0.05, 0.1) is 25.4 Å². The maximum Gasteiger partial charge on any atom is 0.331 e. The number of rotatable bonds is 9. The fourth-order valence-electron chi connectivity index (χ4n) is 10.1. The van der Waals surface area contributed by atoms with Crippen molar-refractivity contribution in [1.29, 1.82) is 0 Å². The second-order valence-electron chi connectivity index (χ2n) is 14.8. The van der Waals surface area contributed by atoms with Gasteiger partial charge >= 0.3 is 11.9 Å². The number of hydrogen-bond donors (Lipinski definition) is 6. The molecular weight excluding hydrogens is 562 g/mol. The third-order valence-electron chi connectivity index (χ3n) is 12.1. The van der Waals surface area contributed by atoms with Gasteiger partial charge in [-0.25, -0.2) is 4.79 Å². The molecule has 1 unspecified atom stereocenters. The zero-order valence-electron chi connectivity index (χ0n) is 28.1. The van der Waals surface area contributed by atoms with Crippen molar-refractivity contribution in [1.82, 2.24) is 5.32 Å². The first kappa shape index (κ1) is 36.7. The van der Waals surface area contributed by atoms with E-state index in [1.165, 1.54) is 6.92 Å². The van der Waals surface area contributed by atoms with Gasteiger partial charge in [-0.2, -0.15) is 0 Å². The maximum absolute atomic E-state index is 12.6. The fourth-order valence-corrected chi connectivity index (χ4v) is 10.1. The van der Waals surface area contributed by atoms with Gasteiger partial charge in [0, 0.05) is 25.6 Å². The number of hydrogen-bond acceptors (Lipinski definition) is 8. The molecule has 252 valence electrons. The number of carboxylic acid groups (broad SMARTS) is 1. The number of carbonyl (C=O) groups is 2. The van der Waals surface area contributed by atoms with Gasteiger partial charge in [0.1, 0.15) is 6.10 Å². The first-order valence-electron chi connectivity index (χ1n) is 16.6. The summed E-state index contributed by atoms with van der Waals surface area (Å²) in [6, 6.07) is 0. The van der Waals surface area contributed by atoms with Crippen LogP contribution in [-0.4, -0.2) is 82.1 Å². The van der Waals surface area contributed by atoms with E-state index in [2.05, 4.69) is 33.0 Å². The van der Waals surface area contributed by atoms with Gasteiger partial charge in [-0.05, 0) is 111 Å². The third kappa shape index (κ3) is 6.97. The van der Waals surface area contributed by atoms with Gasteiger partial charge in [0.15, 0.2) is 0 Å². The van der Waals surface area contributed by atoms with E-state index in [0.29, 0.717) is 50.3 Å². The topological polar surface area (TPSA) is 157 Å². The Kier molecular flexibility index (Phi) is 12.3. The summed E-state index contributed by atoms with van der Waals surface area (Å²) >= 11 is 0. The Hall–Kier alpha value is -1.78. The zero-order chi connectivity index (χ0) is 33.0. The number of nitrogens with one attached hydrogen (secondary N) is 1. The summed E-state index contributed by atoms with van der Waals surface area (Å²) in [5.74, 6) is -0.909. The lowest BCUT2D eigenvalue weighted by molar-refractivity contribution is -0.234. The van der Waals surface area contributed by atoms with Crippen molar-refractivity contribution >= 4 is 11.9 Å². The van der Waals surface area contributed by atoms with Crippen molar-refractivity contribution in [3.63, 3.8) is 0 Å². The number of ether oxygens (including phenoxy) is 1. The average molecular weight is 622 g/mol. The fraction of sp³-hybridized carbons (Fsp3) is 0.829. The number of carboxylic acids is 1. The van der Waals surface area contributed by atoms with Crippen LogP contribution in [0.15, 0.2) is 22.8 Å². The van der Waals surface area contributed by atoms with Crippen LogP contribution in [0, 0.1) is 39.9 Å². The molecule has 4 saturated carbocycles. The summed E-state index contributed by atoms with van der Waals surface area (Å²) in [7, 11) is 0. The highest BCUT2D eigenvalue weighted by atomic mass is 16.5. The van der Waals surface area contributed by atoms with Crippen molar-refractivity contribution in [2.24, 2.45) is 39.9 Å². The molecule has 10 atom stereocenters.